The van der Waals surface area contributed by atoms with Crippen molar-refractivity contribution in [1.29, 1.82) is 0 Å². The van der Waals surface area contributed by atoms with E-state index in [0.29, 0.717) is 6.04 Å². The molecule has 2 N–H and O–H groups in total. The highest BCUT2D eigenvalue weighted by molar-refractivity contribution is 7.07. The van der Waals surface area contributed by atoms with Crippen LogP contribution in [0.1, 0.15) is 18.5 Å². The molecule has 72 valence electrons. The predicted octanol–water partition coefficient (Wildman–Crippen LogP) is 0.985. The average Bonchev–Trinajstić information content (AvgIpc) is 2.69. The molecule has 1 unspecified atom stereocenters. The lowest BCUT2D eigenvalue weighted by Gasteiger charge is -2.23. The van der Waals surface area contributed by atoms with E-state index in [1.807, 2.05) is 5.51 Å². The zero-order valence-electron chi connectivity index (χ0n) is 7.62. The van der Waals surface area contributed by atoms with Gasteiger partial charge in [-0.2, -0.15) is 0 Å². The lowest BCUT2D eigenvalue weighted by Crippen LogP contribution is -2.42. The molecular formula is C9H15N3S. The van der Waals surface area contributed by atoms with E-state index in [4.69, 9.17) is 0 Å². The third-order valence-electron chi connectivity index (χ3n) is 2.35. The summed E-state index contributed by atoms with van der Waals surface area (Å²) < 4.78 is 0. The summed E-state index contributed by atoms with van der Waals surface area (Å²) in [5, 5.41) is 8.99. The van der Waals surface area contributed by atoms with E-state index in [1.165, 1.54) is 19.4 Å². The summed E-state index contributed by atoms with van der Waals surface area (Å²) in [5.74, 6) is 0. The number of rotatable bonds is 3. The Morgan fingerprint density at radius 3 is 3.38 bits per heavy atom. The highest BCUT2D eigenvalue weighted by Crippen LogP contribution is 2.04. The second-order valence-corrected chi connectivity index (χ2v) is 4.12. The van der Waals surface area contributed by atoms with Gasteiger partial charge in [0.25, 0.3) is 0 Å². The van der Waals surface area contributed by atoms with Gasteiger partial charge in [-0.3, -0.25) is 0 Å². The molecule has 1 fully saturated rings. The fourth-order valence-corrected chi connectivity index (χ4v) is 2.16. The fraction of sp³-hybridized carbons (Fsp3) is 0.667. The first-order valence-electron chi connectivity index (χ1n) is 4.76. The van der Waals surface area contributed by atoms with Gasteiger partial charge in [0.15, 0.2) is 0 Å². The van der Waals surface area contributed by atoms with Crippen LogP contribution in [-0.2, 0) is 6.54 Å². The smallest absolute Gasteiger partial charge is 0.0795 e. The maximum atomic E-state index is 4.24. The van der Waals surface area contributed by atoms with Gasteiger partial charge in [-0.15, -0.1) is 11.3 Å². The van der Waals surface area contributed by atoms with Crippen LogP contribution < -0.4 is 10.6 Å². The van der Waals surface area contributed by atoms with Gasteiger partial charge >= 0.3 is 0 Å². The van der Waals surface area contributed by atoms with Crippen LogP contribution in [0.4, 0.5) is 0 Å². The molecule has 0 aliphatic carbocycles. The van der Waals surface area contributed by atoms with Crippen molar-refractivity contribution >= 4 is 11.3 Å². The van der Waals surface area contributed by atoms with Crippen LogP contribution in [0.5, 0.6) is 0 Å². The van der Waals surface area contributed by atoms with Crippen LogP contribution in [0, 0.1) is 0 Å². The largest absolute Gasteiger partial charge is 0.315 e. The summed E-state index contributed by atoms with van der Waals surface area (Å²) in [6.07, 6.45) is 2.58. The molecule has 0 bridgehead atoms. The van der Waals surface area contributed by atoms with E-state index in [9.17, 15) is 0 Å². The highest BCUT2D eigenvalue weighted by atomic mass is 32.1. The third kappa shape index (κ3) is 2.76. The van der Waals surface area contributed by atoms with E-state index in [-0.39, 0.29) is 0 Å². The first kappa shape index (κ1) is 9.12. The molecule has 1 atom stereocenters. The summed E-state index contributed by atoms with van der Waals surface area (Å²) in [7, 11) is 0. The topological polar surface area (TPSA) is 37.0 Å². The fourth-order valence-electron chi connectivity index (χ4n) is 1.60. The maximum Gasteiger partial charge on any atom is 0.0795 e. The van der Waals surface area contributed by atoms with E-state index in [1.54, 1.807) is 11.3 Å². The maximum absolute atomic E-state index is 4.24. The molecule has 0 spiro atoms. The summed E-state index contributed by atoms with van der Waals surface area (Å²) in [5.41, 5.74) is 3.05. The lowest BCUT2D eigenvalue weighted by molar-refractivity contribution is 0.388. The van der Waals surface area contributed by atoms with E-state index in [0.717, 1.165) is 18.8 Å². The van der Waals surface area contributed by atoms with Gasteiger partial charge in [-0.1, -0.05) is 0 Å². The van der Waals surface area contributed by atoms with Crippen molar-refractivity contribution in [2.24, 2.45) is 0 Å². The molecule has 0 aromatic carbocycles. The molecule has 0 radical (unpaired) electrons. The van der Waals surface area contributed by atoms with Crippen molar-refractivity contribution < 1.29 is 0 Å². The summed E-state index contributed by atoms with van der Waals surface area (Å²) >= 11 is 1.66. The van der Waals surface area contributed by atoms with Gasteiger partial charge in [-0.25, -0.2) is 4.98 Å². The van der Waals surface area contributed by atoms with Crippen LogP contribution in [0.3, 0.4) is 0 Å². The second kappa shape index (κ2) is 4.69. The molecule has 1 aromatic heterocycles. The van der Waals surface area contributed by atoms with Crippen LogP contribution >= 0.6 is 11.3 Å². The van der Waals surface area contributed by atoms with Crippen molar-refractivity contribution in [2.75, 3.05) is 13.1 Å². The number of hydrogen-bond donors (Lipinski definition) is 2. The number of nitrogens with zero attached hydrogens (tertiary/aromatic N) is 1. The van der Waals surface area contributed by atoms with E-state index >= 15 is 0 Å². The monoisotopic (exact) mass is 197 g/mol. The Morgan fingerprint density at radius 2 is 2.69 bits per heavy atom. The summed E-state index contributed by atoms with van der Waals surface area (Å²) in [6, 6.07) is 0.635. The van der Waals surface area contributed by atoms with Crippen molar-refractivity contribution in [3.63, 3.8) is 0 Å². The Labute approximate surface area is 82.6 Å². The molecule has 3 nitrogen and oxygen atoms in total. The van der Waals surface area contributed by atoms with Crippen LogP contribution in [0.25, 0.3) is 0 Å². The zero-order chi connectivity index (χ0) is 8.93. The molecule has 0 amide bonds. The summed E-state index contributed by atoms with van der Waals surface area (Å²) in [4.78, 5) is 4.24. The number of piperidine rings is 1. The quantitative estimate of drug-likeness (QED) is 0.758. The standard InChI is InChI=1S/C9H15N3S/c1-2-8(4-10-3-1)11-5-9-6-13-7-12-9/h6-8,10-11H,1-5H2. The van der Waals surface area contributed by atoms with Crippen LogP contribution in [0.15, 0.2) is 10.9 Å². The minimum absolute atomic E-state index is 0.635. The van der Waals surface area contributed by atoms with Crippen molar-refractivity contribution in [1.82, 2.24) is 15.6 Å². The van der Waals surface area contributed by atoms with Gasteiger partial charge < -0.3 is 10.6 Å². The van der Waals surface area contributed by atoms with Gasteiger partial charge in [0.05, 0.1) is 11.2 Å². The molecule has 13 heavy (non-hydrogen) atoms. The SMILES string of the molecule is c1nc(CNC2CCCNC2)cs1. The zero-order valence-corrected chi connectivity index (χ0v) is 8.44. The normalized spacial score (nSPS) is 23.2. The van der Waals surface area contributed by atoms with Crippen LogP contribution in [0.2, 0.25) is 0 Å². The molecular weight excluding hydrogens is 182 g/mol. The third-order valence-corrected chi connectivity index (χ3v) is 2.99. The lowest BCUT2D eigenvalue weighted by atomic mass is 10.1. The van der Waals surface area contributed by atoms with Gasteiger partial charge in [0, 0.05) is 24.5 Å². The minimum Gasteiger partial charge on any atom is -0.315 e. The second-order valence-electron chi connectivity index (χ2n) is 3.40. The number of thiazole rings is 1. The predicted molar refractivity (Wildman–Crippen MR) is 54.8 cm³/mol. The average molecular weight is 197 g/mol. The molecule has 2 heterocycles. The number of hydrogen-bond acceptors (Lipinski definition) is 4. The molecule has 1 aliphatic rings. The molecule has 1 aliphatic heterocycles. The Bertz CT molecular complexity index is 229. The molecule has 4 heteroatoms. The Balaban J connectivity index is 1.72. The Morgan fingerprint density at radius 1 is 1.69 bits per heavy atom. The first-order valence-corrected chi connectivity index (χ1v) is 5.70. The Kier molecular flexibility index (Phi) is 3.29. The van der Waals surface area contributed by atoms with Crippen molar-refractivity contribution in [3.05, 3.63) is 16.6 Å². The van der Waals surface area contributed by atoms with E-state index < -0.39 is 0 Å². The van der Waals surface area contributed by atoms with Gasteiger partial charge in [-0.05, 0) is 19.4 Å². The van der Waals surface area contributed by atoms with E-state index in [2.05, 4.69) is 21.0 Å². The van der Waals surface area contributed by atoms with Crippen molar-refractivity contribution in [2.45, 2.75) is 25.4 Å². The number of nitrogens with one attached hydrogen (secondary N) is 2. The molecule has 0 saturated carbocycles. The molecule has 2 rings (SSSR count). The Hall–Kier alpha value is -0.450. The molecule has 1 aromatic rings. The van der Waals surface area contributed by atoms with Gasteiger partial charge in [0.1, 0.15) is 0 Å². The van der Waals surface area contributed by atoms with Gasteiger partial charge in [0.2, 0.25) is 0 Å². The molecule has 1 saturated heterocycles. The number of aromatic nitrogens is 1. The minimum atomic E-state index is 0.635. The van der Waals surface area contributed by atoms with Crippen molar-refractivity contribution in [3.8, 4) is 0 Å². The summed E-state index contributed by atoms with van der Waals surface area (Å²) in [6.45, 7) is 3.19. The highest BCUT2D eigenvalue weighted by Gasteiger charge is 2.11. The van der Waals surface area contributed by atoms with Crippen LogP contribution in [-0.4, -0.2) is 24.1 Å². The first-order chi connectivity index (χ1) is 6.45.